The molecule has 41 heavy (non-hydrogen) atoms. The standard InChI is InChI=1S/C32H18N8.Pd/c1-2-10-18-17(9-1)25-33-26(18)38-28-21-13-5-6-14-22(21)30(35-28)40-32-24-16-8-7-15-23(24)31(36-32)39-29-20-12-4-3-11-19(20)27(34-29)37-25;/h1-16,25,37H;/q-2;+2. The number of hydrogen-bond acceptors (Lipinski definition) is 6. The predicted molar refractivity (Wildman–Crippen MR) is 155 cm³/mol. The molecule has 1 unspecified atom stereocenters. The molecule has 1 N–H and O–H groups in total. The van der Waals surface area contributed by atoms with Crippen LogP contribution >= 0.6 is 0 Å². The van der Waals surface area contributed by atoms with E-state index in [1.54, 1.807) is 0 Å². The number of fused-ring (bicyclic) bond motifs is 18. The van der Waals surface area contributed by atoms with E-state index in [2.05, 4.69) is 11.4 Å². The van der Waals surface area contributed by atoms with Crippen LogP contribution in [0.2, 0.25) is 0 Å². The molecule has 196 valence electrons. The molecule has 8 bridgehead atoms. The fraction of sp³-hybridized carbons (Fsp3) is 0.0312. The minimum Gasteiger partial charge on any atom is -0.416 e. The van der Waals surface area contributed by atoms with Crippen LogP contribution in [0.15, 0.2) is 122 Å². The molecular formula is C32H18N8Pd. The minimum absolute atomic E-state index is 0. The van der Waals surface area contributed by atoms with Gasteiger partial charge in [0.15, 0.2) is 0 Å². The summed E-state index contributed by atoms with van der Waals surface area (Å²) in [6, 6.07) is 32.2. The molecule has 8 nitrogen and oxygen atoms in total. The number of nitrogens with one attached hydrogen (secondary N) is 1. The average Bonchev–Trinajstić information content (AvgIpc) is 3.73. The van der Waals surface area contributed by atoms with E-state index in [1.165, 1.54) is 0 Å². The van der Waals surface area contributed by atoms with Crippen LogP contribution < -0.4 is 26.3 Å². The van der Waals surface area contributed by atoms with Crippen LogP contribution in [-0.2, 0) is 20.4 Å². The van der Waals surface area contributed by atoms with Crippen molar-refractivity contribution in [3.63, 3.8) is 0 Å². The van der Waals surface area contributed by atoms with Crippen molar-refractivity contribution in [2.75, 3.05) is 5.32 Å². The van der Waals surface area contributed by atoms with Gasteiger partial charge in [-0.1, -0.05) is 97.1 Å². The van der Waals surface area contributed by atoms with Gasteiger partial charge in [-0.15, -0.1) is 0 Å². The first-order valence-electron chi connectivity index (χ1n) is 13.1. The van der Waals surface area contributed by atoms with Gasteiger partial charge in [0, 0.05) is 39.3 Å². The fourth-order valence-corrected chi connectivity index (χ4v) is 5.66. The van der Waals surface area contributed by atoms with Crippen molar-refractivity contribution < 1.29 is 20.4 Å². The van der Waals surface area contributed by atoms with Crippen LogP contribution in [0.4, 0.5) is 11.6 Å². The van der Waals surface area contributed by atoms with Crippen molar-refractivity contribution in [2.24, 2.45) is 25.0 Å². The second kappa shape index (κ2) is 9.03. The number of nitrogens with zero attached hydrogens (tertiary/aromatic N) is 7. The Hall–Kier alpha value is -4.97. The van der Waals surface area contributed by atoms with Gasteiger partial charge in [0.25, 0.3) is 0 Å². The van der Waals surface area contributed by atoms with E-state index in [-0.39, 0.29) is 26.6 Å². The molecule has 0 amide bonds. The molecule has 0 saturated heterocycles. The average molecular weight is 621 g/mol. The van der Waals surface area contributed by atoms with Gasteiger partial charge < -0.3 is 30.3 Å². The molecule has 1 atom stereocenters. The molecule has 9 rings (SSSR count). The third kappa shape index (κ3) is 3.60. The summed E-state index contributed by atoms with van der Waals surface area (Å²) in [6.45, 7) is 0. The molecule has 9 heteroatoms. The Morgan fingerprint density at radius 2 is 1.07 bits per heavy atom. The summed E-state index contributed by atoms with van der Waals surface area (Å²) in [5.41, 5.74) is 4.95. The fourth-order valence-electron chi connectivity index (χ4n) is 5.66. The zero-order valence-electron chi connectivity index (χ0n) is 21.3. The van der Waals surface area contributed by atoms with Crippen LogP contribution in [0.25, 0.3) is 21.5 Å². The van der Waals surface area contributed by atoms with Gasteiger partial charge in [-0.25, -0.2) is 4.99 Å². The molecule has 6 aromatic rings. The molecule has 0 fully saturated rings. The van der Waals surface area contributed by atoms with Crippen LogP contribution in [0.5, 0.6) is 0 Å². The Kier molecular flexibility index (Phi) is 5.26. The maximum absolute atomic E-state index is 5.01. The quantitative estimate of drug-likeness (QED) is 0.252. The molecule has 0 saturated carbocycles. The second-order valence-electron chi connectivity index (χ2n) is 9.86. The zero-order chi connectivity index (χ0) is 26.2. The molecule has 4 aromatic carbocycles. The molecular weight excluding hydrogens is 603 g/mol. The Bertz CT molecular complexity index is 2270. The van der Waals surface area contributed by atoms with Gasteiger partial charge in [-0.05, 0) is 27.1 Å². The molecule has 3 aliphatic rings. The van der Waals surface area contributed by atoms with Crippen LogP contribution in [-0.4, -0.2) is 17.5 Å². The van der Waals surface area contributed by atoms with Crippen molar-refractivity contribution in [2.45, 2.75) is 6.17 Å². The number of amidine groups is 3. The molecule has 2 aromatic heterocycles. The van der Waals surface area contributed by atoms with Crippen LogP contribution in [0.3, 0.4) is 0 Å². The van der Waals surface area contributed by atoms with Crippen molar-refractivity contribution >= 4 is 50.7 Å². The van der Waals surface area contributed by atoms with Crippen molar-refractivity contribution in [3.05, 3.63) is 130 Å². The summed E-state index contributed by atoms with van der Waals surface area (Å²) in [5.74, 6) is 3.07. The first kappa shape index (κ1) is 23.9. The summed E-state index contributed by atoms with van der Waals surface area (Å²) in [4.78, 5) is 34.7. The van der Waals surface area contributed by atoms with Crippen LogP contribution in [0, 0.1) is 0 Å². The second-order valence-corrected chi connectivity index (χ2v) is 9.86. The first-order chi connectivity index (χ1) is 19.8. The van der Waals surface area contributed by atoms with Gasteiger partial charge >= 0.3 is 20.4 Å². The van der Waals surface area contributed by atoms with Crippen molar-refractivity contribution in [1.82, 2.24) is 9.97 Å². The van der Waals surface area contributed by atoms with E-state index in [4.69, 9.17) is 34.9 Å². The zero-order valence-corrected chi connectivity index (χ0v) is 22.8. The van der Waals surface area contributed by atoms with Crippen molar-refractivity contribution in [1.29, 1.82) is 0 Å². The molecule has 0 spiro atoms. The van der Waals surface area contributed by atoms with E-state index in [0.29, 0.717) is 40.1 Å². The van der Waals surface area contributed by atoms with Gasteiger partial charge in [0.2, 0.25) is 0 Å². The third-order valence-corrected chi connectivity index (χ3v) is 7.54. The topological polar surface area (TPSA) is 102 Å². The summed E-state index contributed by atoms with van der Waals surface area (Å²) < 4.78 is 0. The largest absolute Gasteiger partial charge is 2.00 e. The number of rotatable bonds is 0. The molecule has 3 aliphatic heterocycles. The molecule has 5 heterocycles. The summed E-state index contributed by atoms with van der Waals surface area (Å²) in [7, 11) is 0. The maximum Gasteiger partial charge on any atom is 2.00 e. The van der Waals surface area contributed by atoms with Gasteiger partial charge in [0.05, 0.1) is 17.5 Å². The van der Waals surface area contributed by atoms with E-state index in [0.717, 1.165) is 43.8 Å². The monoisotopic (exact) mass is 620 g/mol. The number of aliphatic imine (C=N–C) groups is 3. The van der Waals surface area contributed by atoms with Crippen molar-refractivity contribution in [3.8, 4) is 0 Å². The van der Waals surface area contributed by atoms with Gasteiger partial charge in [-0.2, -0.15) is 0 Å². The smallest absolute Gasteiger partial charge is 0.416 e. The predicted octanol–water partition coefficient (Wildman–Crippen LogP) is 4.57. The Morgan fingerprint density at radius 1 is 0.512 bits per heavy atom. The number of hydrogen-bond donors (Lipinski definition) is 1. The van der Waals surface area contributed by atoms with E-state index in [1.807, 2.05) is 91.0 Å². The van der Waals surface area contributed by atoms with Gasteiger partial charge in [0.1, 0.15) is 6.17 Å². The Morgan fingerprint density at radius 3 is 1.80 bits per heavy atom. The molecule has 0 aliphatic carbocycles. The van der Waals surface area contributed by atoms with Gasteiger partial charge in [-0.3, -0.25) is 4.99 Å². The normalized spacial score (nSPS) is 17.7. The van der Waals surface area contributed by atoms with E-state index < -0.39 is 0 Å². The summed E-state index contributed by atoms with van der Waals surface area (Å²) in [6.07, 6.45) is -0.358. The van der Waals surface area contributed by atoms with E-state index in [9.17, 15) is 0 Å². The number of benzene rings is 4. The minimum atomic E-state index is -0.358. The molecule has 0 radical (unpaired) electrons. The number of aromatic nitrogens is 2. The summed E-state index contributed by atoms with van der Waals surface area (Å²) in [5, 5.41) is 7.30. The summed E-state index contributed by atoms with van der Waals surface area (Å²) >= 11 is 0. The van der Waals surface area contributed by atoms with E-state index >= 15 is 0 Å². The maximum atomic E-state index is 5.01. The van der Waals surface area contributed by atoms with Crippen LogP contribution in [0.1, 0.15) is 28.4 Å². The Balaban J connectivity index is 0.00000256. The first-order valence-corrected chi connectivity index (χ1v) is 13.1. The third-order valence-electron chi connectivity index (χ3n) is 7.54. The Labute approximate surface area is 247 Å². The SMILES string of the molecule is [Pd+2].c1ccc2c(c1)C1=N/C2=N\c2[n-]c(c3ccccc23)NC2N=C(N=c3[n-]c(c4ccccc34)=N1)c1ccccc12. The number of anilines is 1.